The van der Waals surface area contributed by atoms with Crippen LogP contribution in [0.5, 0.6) is 0 Å². The Bertz CT molecular complexity index is 2190. The summed E-state index contributed by atoms with van der Waals surface area (Å²) in [6, 6.07) is 40.8. The largest absolute Gasteiger partial charge is 3.00 e. The van der Waals surface area contributed by atoms with Crippen LogP contribution in [0, 0.1) is 12.7 Å². The summed E-state index contributed by atoms with van der Waals surface area (Å²) in [6.07, 6.45) is 3.45. The summed E-state index contributed by atoms with van der Waals surface area (Å²) in [5.74, 6) is 0. The second-order valence-corrected chi connectivity index (χ2v) is 9.75. The molecule has 0 saturated carbocycles. The van der Waals surface area contributed by atoms with Crippen LogP contribution >= 0.6 is 0 Å². The molecule has 2 aromatic heterocycles. The topological polar surface area (TPSA) is 55.2 Å². The van der Waals surface area contributed by atoms with E-state index in [2.05, 4.69) is 98.0 Å². The summed E-state index contributed by atoms with van der Waals surface area (Å²) in [7, 11) is 0. The summed E-state index contributed by atoms with van der Waals surface area (Å²) >= 11 is 0. The molecule has 41 heavy (non-hydrogen) atoms. The zero-order valence-electron chi connectivity index (χ0n) is 21.7. The van der Waals surface area contributed by atoms with Gasteiger partial charge in [-0.05, 0) is 61.5 Å². The number of aromatic nitrogens is 3. The molecule has 0 fully saturated rings. The van der Waals surface area contributed by atoms with Gasteiger partial charge in [-0.15, -0.1) is 5.69 Å². The van der Waals surface area contributed by atoms with Gasteiger partial charge in [0.05, 0.1) is 5.52 Å². The van der Waals surface area contributed by atoms with Crippen LogP contribution in [0.25, 0.3) is 54.3 Å². The van der Waals surface area contributed by atoms with Crippen molar-refractivity contribution < 1.29 is 20.1 Å². The summed E-state index contributed by atoms with van der Waals surface area (Å²) in [5.41, 5.74) is 6.08. The fourth-order valence-corrected chi connectivity index (χ4v) is 5.75. The fraction of sp³-hybridized carbons (Fsp3) is 0. The molecule has 0 radical (unpaired) electrons. The molecule has 1 N–H and O–H groups in total. The number of hydrogen-bond acceptors (Lipinski definition) is 4. The predicted octanol–water partition coefficient (Wildman–Crippen LogP) is 8.37. The molecular weight excluding hydrogens is 683 g/mol. The van der Waals surface area contributed by atoms with Gasteiger partial charge in [0, 0.05) is 23.0 Å². The monoisotopic (exact) mass is 705 g/mol. The number of benzene rings is 6. The minimum absolute atomic E-state index is 0. The molecule has 0 bridgehead atoms. The molecule has 8 aromatic rings. The van der Waals surface area contributed by atoms with Crippen molar-refractivity contribution in [2.24, 2.45) is 0 Å². The van der Waals surface area contributed by atoms with Crippen molar-refractivity contribution >= 4 is 71.3 Å². The Morgan fingerprint density at radius 1 is 0.683 bits per heavy atom. The molecule has 0 saturated heterocycles. The number of anilines is 3. The first kappa shape index (κ1) is 25.2. The number of hydrogen-bond donors (Lipinski definition) is 1. The van der Waals surface area contributed by atoms with Crippen LogP contribution in [0.1, 0.15) is 0 Å². The zero-order valence-corrected chi connectivity index (χ0v) is 24.1. The predicted molar refractivity (Wildman–Crippen MR) is 165 cm³/mol. The molecular formula is C35H22IrN5. The molecule has 1 aliphatic rings. The molecule has 6 heteroatoms. The normalized spacial score (nSPS) is 12.2. The van der Waals surface area contributed by atoms with Gasteiger partial charge in [-0.2, -0.15) is 37.0 Å². The van der Waals surface area contributed by atoms with E-state index in [-0.39, 0.29) is 20.1 Å². The standard InChI is InChI=1S/C22H12N3.C13H10N2.Ir/c1-2-5-14-13(4-1)7-8-16-15(14)9-10-18-19(16)17-6-3-11-23-20(17)22-21(18)24-12-25-22;1-2-6-11(7-3-1)15-10-14-12-8-4-5-9-13(12)15;/h1-12H;1-6,8-10,14H;/q-1;-2;+3. The van der Waals surface area contributed by atoms with E-state index in [1.165, 1.54) is 32.6 Å². The van der Waals surface area contributed by atoms with Gasteiger partial charge >= 0.3 is 20.1 Å². The first-order chi connectivity index (χ1) is 19.9. The first-order valence-electron chi connectivity index (χ1n) is 13.2. The maximum atomic E-state index is 4.60. The number of nitrogens with zero attached hydrogens (tertiary/aromatic N) is 4. The Morgan fingerprint density at radius 2 is 1.44 bits per heavy atom. The third-order valence-corrected chi connectivity index (χ3v) is 7.55. The summed E-state index contributed by atoms with van der Waals surface area (Å²) in [6.45, 7) is 1.95. The number of pyridine rings is 1. The Labute approximate surface area is 250 Å². The minimum Gasteiger partial charge on any atom is -0.514 e. The third kappa shape index (κ3) is 4.11. The van der Waals surface area contributed by atoms with Crippen LogP contribution in [0.4, 0.5) is 17.1 Å². The van der Waals surface area contributed by atoms with E-state index in [9.17, 15) is 0 Å². The molecule has 196 valence electrons. The van der Waals surface area contributed by atoms with E-state index in [1.54, 1.807) is 6.33 Å². The fourth-order valence-electron chi connectivity index (χ4n) is 5.75. The van der Waals surface area contributed by atoms with Gasteiger partial charge in [0.25, 0.3) is 0 Å². The molecule has 0 atom stereocenters. The first-order valence-corrected chi connectivity index (χ1v) is 13.2. The Kier molecular flexibility index (Phi) is 6.35. The van der Waals surface area contributed by atoms with E-state index < -0.39 is 0 Å². The minimum atomic E-state index is 0. The van der Waals surface area contributed by atoms with Gasteiger partial charge < -0.3 is 20.2 Å². The number of fused-ring (bicyclic) bond motifs is 11. The van der Waals surface area contributed by atoms with Crippen molar-refractivity contribution in [1.82, 2.24) is 15.0 Å². The third-order valence-electron chi connectivity index (χ3n) is 7.55. The van der Waals surface area contributed by atoms with Crippen molar-refractivity contribution in [2.45, 2.75) is 0 Å². The maximum absolute atomic E-state index is 4.60. The van der Waals surface area contributed by atoms with E-state index in [0.717, 1.165) is 38.7 Å². The summed E-state index contributed by atoms with van der Waals surface area (Å²) < 4.78 is 0. The van der Waals surface area contributed by atoms with Crippen LogP contribution in [0.15, 0.2) is 122 Å². The molecule has 0 spiro atoms. The van der Waals surface area contributed by atoms with E-state index in [0.29, 0.717) is 0 Å². The molecule has 3 heterocycles. The quantitative estimate of drug-likeness (QED) is 0.138. The van der Waals surface area contributed by atoms with Crippen LogP contribution in [-0.2, 0) is 20.1 Å². The number of nitrogens with one attached hydrogen (secondary N) is 1. The average Bonchev–Trinajstić information content (AvgIpc) is 3.70. The van der Waals surface area contributed by atoms with Gasteiger partial charge in [0.1, 0.15) is 0 Å². The van der Waals surface area contributed by atoms with Crippen molar-refractivity contribution in [2.75, 3.05) is 10.2 Å². The van der Waals surface area contributed by atoms with Gasteiger partial charge in [-0.3, -0.25) is 4.98 Å². The second kappa shape index (κ2) is 10.3. The second-order valence-electron chi connectivity index (χ2n) is 9.75. The summed E-state index contributed by atoms with van der Waals surface area (Å²) in [5, 5.41) is 11.7. The molecule has 6 aromatic carbocycles. The van der Waals surface area contributed by atoms with E-state index >= 15 is 0 Å². The van der Waals surface area contributed by atoms with Crippen LogP contribution in [-0.4, -0.2) is 9.97 Å². The summed E-state index contributed by atoms with van der Waals surface area (Å²) in [4.78, 5) is 15.7. The molecule has 0 amide bonds. The van der Waals surface area contributed by atoms with Crippen molar-refractivity contribution in [3.8, 4) is 0 Å². The Balaban J connectivity index is 0.000000149. The number of imidazole rings is 1. The van der Waals surface area contributed by atoms with Crippen molar-refractivity contribution in [3.63, 3.8) is 0 Å². The van der Waals surface area contributed by atoms with Gasteiger partial charge in [-0.25, -0.2) is 0 Å². The van der Waals surface area contributed by atoms with Crippen molar-refractivity contribution in [1.29, 1.82) is 0 Å². The van der Waals surface area contributed by atoms with Gasteiger partial charge in [0.15, 0.2) is 0 Å². The molecule has 0 unspecified atom stereocenters. The van der Waals surface area contributed by atoms with Crippen molar-refractivity contribution in [3.05, 3.63) is 134 Å². The molecule has 1 aliphatic heterocycles. The van der Waals surface area contributed by atoms with Crippen LogP contribution < -0.4 is 15.2 Å². The van der Waals surface area contributed by atoms with Crippen LogP contribution in [0.2, 0.25) is 0 Å². The number of para-hydroxylation sites is 3. The SMILES string of the molecule is [Ir+3].[c-]1ccccc1N1[CH-]Nc2ccccc21.c1ccc2c(c1)ccc1c2ccc2c3nc[n-]c3c3ncccc3c12. The molecule has 9 rings (SSSR count). The van der Waals surface area contributed by atoms with E-state index in [4.69, 9.17) is 0 Å². The van der Waals surface area contributed by atoms with Gasteiger partial charge in [-0.1, -0.05) is 73.1 Å². The maximum Gasteiger partial charge on any atom is 3.00 e. The zero-order chi connectivity index (χ0) is 26.5. The average molecular weight is 705 g/mol. The number of rotatable bonds is 1. The smallest absolute Gasteiger partial charge is 0.514 e. The molecule has 5 nitrogen and oxygen atoms in total. The van der Waals surface area contributed by atoms with E-state index in [1.807, 2.05) is 55.3 Å². The van der Waals surface area contributed by atoms with Crippen LogP contribution in [0.3, 0.4) is 0 Å². The molecule has 0 aliphatic carbocycles. The Hall–Kier alpha value is -4.77. The Morgan fingerprint density at radius 3 is 2.37 bits per heavy atom. The van der Waals surface area contributed by atoms with Gasteiger partial charge in [0.2, 0.25) is 0 Å².